The molecule has 1 aliphatic carbocycles. The minimum atomic E-state index is -0.517. The van der Waals surface area contributed by atoms with Gasteiger partial charge in [-0.15, -0.1) is 0 Å². The summed E-state index contributed by atoms with van der Waals surface area (Å²) in [4.78, 5) is 27.0. The summed E-state index contributed by atoms with van der Waals surface area (Å²) in [5, 5.41) is 14.7. The fourth-order valence-corrected chi connectivity index (χ4v) is 6.15. The van der Waals surface area contributed by atoms with Crippen molar-refractivity contribution in [2.24, 2.45) is 0 Å². The number of nitrogens with one attached hydrogen (secondary N) is 1. The predicted molar refractivity (Wildman–Crippen MR) is 133 cm³/mol. The van der Waals surface area contributed by atoms with Gasteiger partial charge in [0.2, 0.25) is 5.91 Å². The highest BCUT2D eigenvalue weighted by Crippen LogP contribution is 2.43. The molecule has 0 bridgehead atoms. The second kappa shape index (κ2) is 9.10. The Morgan fingerprint density at radius 3 is 2.68 bits per heavy atom. The highest BCUT2D eigenvalue weighted by Gasteiger charge is 2.41. The van der Waals surface area contributed by atoms with Crippen LogP contribution < -0.4 is 10.2 Å². The van der Waals surface area contributed by atoms with Crippen molar-refractivity contribution in [1.29, 1.82) is 0 Å². The lowest BCUT2D eigenvalue weighted by Gasteiger charge is -2.39. The fourth-order valence-electron chi connectivity index (χ4n) is 5.95. The molecular formula is C26H34ClN5O2. The zero-order valence-electron chi connectivity index (χ0n) is 20.2. The molecule has 1 aromatic carbocycles. The van der Waals surface area contributed by atoms with E-state index in [9.17, 15) is 9.90 Å². The molecule has 34 heavy (non-hydrogen) atoms. The first-order valence-electron chi connectivity index (χ1n) is 12.3. The third-order valence-electron chi connectivity index (χ3n) is 7.70. The first-order chi connectivity index (χ1) is 16.2. The number of nitrogens with zero attached hydrogens (tertiary/aromatic N) is 4. The van der Waals surface area contributed by atoms with Crippen LogP contribution in [0.5, 0.6) is 0 Å². The smallest absolute Gasteiger partial charge is 0.231 e. The third kappa shape index (κ3) is 4.41. The number of carbonyl (C=O) groups is 1. The van der Waals surface area contributed by atoms with Crippen LogP contribution >= 0.6 is 11.6 Å². The van der Waals surface area contributed by atoms with Crippen LogP contribution in [0.25, 0.3) is 0 Å². The second-order valence-electron chi connectivity index (χ2n) is 10.7. The maximum absolute atomic E-state index is 13.9. The zero-order valence-corrected chi connectivity index (χ0v) is 20.9. The molecular weight excluding hydrogens is 450 g/mol. The van der Waals surface area contributed by atoms with Gasteiger partial charge in [-0.1, -0.05) is 30.7 Å². The normalized spacial score (nSPS) is 27.0. The topological polar surface area (TPSA) is 81.6 Å². The van der Waals surface area contributed by atoms with Crippen LogP contribution in [-0.4, -0.2) is 63.6 Å². The quantitative estimate of drug-likeness (QED) is 0.691. The average molecular weight is 484 g/mol. The van der Waals surface area contributed by atoms with Crippen molar-refractivity contribution in [3.05, 3.63) is 52.4 Å². The molecule has 2 fully saturated rings. The van der Waals surface area contributed by atoms with E-state index in [1.165, 1.54) is 0 Å². The summed E-state index contributed by atoms with van der Waals surface area (Å²) >= 11 is 6.32. The Hall–Kier alpha value is -2.22. The molecule has 1 amide bonds. The van der Waals surface area contributed by atoms with E-state index in [0.717, 1.165) is 35.5 Å². The highest BCUT2D eigenvalue weighted by atomic mass is 35.5. The monoisotopic (exact) mass is 483 g/mol. The van der Waals surface area contributed by atoms with Crippen LogP contribution in [0.3, 0.4) is 0 Å². The molecule has 7 nitrogen and oxygen atoms in total. The van der Waals surface area contributed by atoms with Gasteiger partial charge in [0.05, 0.1) is 17.7 Å². The summed E-state index contributed by atoms with van der Waals surface area (Å²) in [6, 6.07) is 7.83. The van der Waals surface area contributed by atoms with Crippen LogP contribution in [-0.2, 0) is 4.79 Å². The summed E-state index contributed by atoms with van der Waals surface area (Å²) < 4.78 is 0. The zero-order chi connectivity index (χ0) is 24.0. The van der Waals surface area contributed by atoms with Crippen molar-refractivity contribution in [3.63, 3.8) is 0 Å². The number of benzene rings is 1. The van der Waals surface area contributed by atoms with E-state index in [0.29, 0.717) is 37.6 Å². The van der Waals surface area contributed by atoms with Crippen molar-refractivity contribution in [2.45, 2.75) is 69.6 Å². The van der Waals surface area contributed by atoms with E-state index in [4.69, 9.17) is 11.6 Å². The number of anilines is 1. The van der Waals surface area contributed by atoms with Gasteiger partial charge in [0.15, 0.2) is 0 Å². The Balaban J connectivity index is 1.34. The summed E-state index contributed by atoms with van der Waals surface area (Å²) in [7, 11) is 0. The van der Waals surface area contributed by atoms with E-state index in [1.807, 2.05) is 29.2 Å². The van der Waals surface area contributed by atoms with Gasteiger partial charge in [-0.05, 0) is 56.7 Å². The first-order valence-corrected chi connectivity index (χ1v) is 12.7. The van der Waals surface area contributed by atoms with E-state index < -0.39 is 6.10 Å². The molecule has 2 aliphatic heterocycles. The molecule has 0 saturated carbocycles. The van der Waals surface area contributed by atoms with Gasteiger partial charge in [-0.2, -0.15) is 0 Å². The molecule has 8 heteroatoms. The molecule has 3 aliphatic rings. The Kier molecular flexibility index (Phi) is 6.29. The molecule has 182 valence electrons. The molecule has 0 radical (unpaired) electrons. The highest BCUT2D eigenvalue weighted by molar-refractivity contribution is 6.30. The summed E-state index contributed by atoms with van der Waals surface area (Å²) in [6.45, 7) is 9.22. The molecule has 3 heterocycles. The molecule has 1 aromatic heterocycles. The molecule has 4 atom stereocenters. The van der Waals surface area contributed by atoms with Gasteiger partial charge in [0, 0.05) is 48.3 Å². The number of hydrogen-bond donors (Lipinski definition) is 2. The van der Waals surface area contributed by atoms with Crippen LogP contribution in [0.1, 0.15) is 74.8 Å². The molecule has 0 spiro atoms. The Morgan fingerprint density at radius 1 is 1.24 bits per heavy atom. The van der Waals surface area contributed by atoms with Gasteiger partial charge in [-0.3, -0.25) is 4.79 Å². The number of halogens is 1. The maximum Gasteiger partial charge on any atom is 0.231 e. The minimum absolute atomic E-state index is 0.0229. The number of fused-ring (bicyclic) bond motifs is 1. The number of aliphatic hydroxyl groups excluding tert-OH is 1. The minimum Gasteiger partial charge on any atom is -0.387 e. The van der Waals surface area contributed by atoms with Gasteiger partial charge >= 0.3 is 0 Å². The van der Waals surface area contributed by atoms with Crippen LogP contribution in [0.2, 0.25) is 5.02 Å². The molecule has 0 unspecified atom stereocenters. The van der Waals surface area contributed by atoms with Crippen LogP contribution in [0, 0.1) is 0 Å². The Labute approximate surface area is 206 Å². The number of amides is 1. The van der Waals surface area contributed by atoms with E-state index in [2.05, 4.69) is 41.0 Å². The number of aromatic nitrogens is 2. The van der Waals surface area contributed by atoms with Crippen molar-refractivity contribution in [2.75, 3.05) is 31.1 Å². The van der Waals surface area contributed by atoms with E-state index in [1.54, 1.807) is 6.33 Å². The van der Waals surface area contributed by atoms with Gasteiger partial charge in [0.1, 0.15) is 12.1 Å². The Bertz CT molecular complexity index is 1070. The summed E-state index contributed by atoms with van der Waals surface area (Å²) in [5.41, 5.74) is 2.82. The summed E-state index contributed by atoms with van der Waals surface area (Å²) in [5.74, 6) is 1.04. The number of piperazine rings is 1. The van der Waals surface area contributed by atoms with E-state index >= 15 is 0 Å². The Morgan fingerprint density at radius 2 is 2.00 bits per heavy atom. The number of rotatable bonds is 4. The standard InChI is InChI=1S/C26H34ClN5O2/c1-16-13-20(33)23-21(16)24(29-15-28-23)31-9-11-32(12-10-31)25(34)22(17-5-4-6-18(27)14-17)19-7-8-26(2,3)30-19/h4-6,14-16,19-20,22,30,33H,7-13H2,1-3H3/t16-,19+,20-,22+/m1/s1. The van der Waals surface area contributed by atoms with Gasteiger partial charge in [0.25, 0.3) is 0 Å². The van der Waals surface area contributed by atoms with Crippen molar-refractivity contribution in [3.8, 4) is 0 Å². The maximum atomic E-state index is 13.9. The molecule has 5 rings (SSSR count). The molecule has 2 saturated heterocycles. The number of aliphatic hydroxyl groups is 1. The molecule has 2 N–H and O–H groups in total. The lowest BCUT2D eigenvalue weighted by molar-refractivity contribution is -0.133. The lowest BCUT2D eigenvalue weighted by atomic mass is 9.88. The predicted octanol–water partition coefficient (Wildman–Crippen LogP) is 3.63. The van der Waals surface area contributed by atoms with Gasteiger partial charge < -0.3 is 20.2 Å². The van der Waals surface area contributed by atoms with Crippen molar-refractivity contribution >= 4 is 23.3 Å². The molecule has 2 aromatic rings. The summed E-state index contributed by atoms with van der Waals surface area (Å²) in [6.07, 6.45) is 3.72. The largest absolute Gasteiger partial charge is 0.387 e. The fraction of sp³-hybridized carbons (Fsp3) is 0.577. The van der Waals surface area contributed by atoms with Crippen LogP contribution in [0.15, 0.2) is 30.6 Å². The SMILES string of the molecule is C[C@@H]1C[C@@H](O)c2ncnc(N3CCN(C(=O)[C@@H](c4cccc(Cl)c4)[C@@H]4CCC(C)(C)N4)CC3)c21. The first kappa shape index (κ1) is 23.5. The average Bonchev–Trinajstić information content (AvgIpc) is 3.32. The second-order valence-corrected chi connectivity index (χ2v) is 11.1. The lowest BCUT2D eigenvalue weighted by Crippen LogP contribution is -2.53. The van der Waals surface area contributed by atoms with E-state index in [-0.39, 0.29) is 29.3 Å². The van der Waals surface area contributed by atoms with Crippen molar-refractivity contribution < 1.29 is 9.90 Å². The number of carbonyl (C=O) groups excluding carboxylic acids is 1. The third-order valence-corrected chi connectivity index (χ3v) is 7.94. The van der Waals surface area contributed by atoms with Crippen LogP contribution in [0.4, 0.5) is 5.82 Å². The number of hydrogen-bond acceptors (Lipinski definition) is 6. The van der Waals surface area contributed by atoms with Crippen molar-refractivity contribution in [1.82, 2.24) is 20.2 Å². The van der Waals surface area contributed by atoms with Gasteiger partial charge in [-0.25, -0.2) is 9.97 Å².